The van der Waals surface area contributed by atoms with Gasteiger partial charge in [0, 0.05) is 24.8 Å². The zero-order valence-corrected chi connectivity index (χ0v) is 12.9. The molecule has 0 aliphatic rings. The molecule has 0 aliphatic carbocycles. The molecule has 3 aromatic rings. The first-order valence-electron chi connectivity index (χ1n) is 7.18. The minimum Gasteiger partial charge on any atom is -0.339 e. The van der Waals surface area contributed by atoms with Crippen LogP contribution in [0, 0.1) is 6.92 Å². The predicted octanol–water partition coefficient (Wildman–Crippen LogP) is 0.953. The van der Waals surface area contributed by atoms with Crippen LogP contribution in [-0.4, -0.2) is 48.3 Å². The predicted molar refractivity (Wildman–Crippen MR) is 82.2 cm³/mol. The highest BCUT2D eigenvalue weighted by atomic mass is 16.2. The van der Waals surface area contributed by atoms with E-state index < -0.39 is 6.04 Å². The number of hydrogen-bond donors (Lipinski definition) is 1. The van der Waals surface area contributed by atoms with Crippen LogP contribution in [0.4, 0.5) is 0 Å². The van der Waals surface area contributed by atoms with Crippen LogP contribution < -0.4 is 0 Å². The first kappa shape index (κ1) is 14.9. The number of amides is 1. The molecule has 8 heteroatoms. The molecule has 118 valence electrons. The highest BCUT2D eigenvalue weighted by Crippen LogP contribution is 2.20. The summed E-state index contributed by atoms with van der Waals surface area (Å²) in [6.45, 7) is 2.39. The Morgan fingerprint density at radius 1 is 1.35 bits per heavy atom. The van der Waals surface area contributed by atoms with E-state index in [1.807, 2.05) is 37.3 Å². The maximum Gasteiger partial charge on any atom is 0.252 e. The molecular weight excluding hydrogens is 294 g/mol. The van der Waals surface area contributed by atoms with Crippen molar-refractivity contribution in [2.75, 3.05) is 7.05 Å². The van der Waals surface area contributed by atoms with E-state index in [1.165, 1.54) is 11.0 Å². The third kappa shape index (κ3) is 3.10. The number of rotatable bonds is 5. The Kier molecular flexibility index (Phi) is 4.13. The van der Waals surface area contributed by atoms with E-state index in [1.54, 1.807) is 18.1 Å². The number of carbonyl (C=O) groups excluding carboxylic acids is 1. The van der Waals surface area contributed by atoms with Crippen LogP contribution in [0.15, 0.2) is 42.9 Å². The molecule has 1 amide bonds. The zero-order chi connectivity index (χ0) is 16.2. The van der Waals surface area contributed by atoms with E-state index in [0.29, 0.717) is 6.54 Å². The zero-order valence-electron chi connectivity index (χ0n) is 12.9. The third-order valence-electron chi connectivity index (χ3n) is 3.70. The van der Waals surface area contributed by atoms with Crippen molar-refractivity contribution >= 4 is 5.91 Å². The lowest BCUT2D eigenvalue weighted by Crippen LogP contribution is -2.35. The number of nitrogens with zero attached hydrogens (tertiary/aromatic N) is 6. The number of hydrogen-bond acceptors (Lipinski definition) is 5. The van der Waals surface area contributed by atoms with Crippen molar-refractivity contribution in [3.8, 4) is 0 Å². The number of aromatic nitrogens is 6. The van der Waals surface area contributed by atoms with Gasteiger partial charge in [-0.2, -0.15) is 5.10 Å². The fraction of sp³-hybridized carbons (Fsp3) is 0.267. The quantitative estimate of drug-likeness (QED) is 0.757. The van der Waals surface area contributed by atoms with Gasteiger partial charge in [0.2, 0.25) is 0 Å². The van der Waals surface area contributed by atoms with Gasteiger partial charge in [-0.3, -0.25) is 9.89 Å². The molecule has 0 fully saturated rings. The fourth-order valence-electron chi connectivity index (χ4n) is 2.41. The Hall–Kier alpha value is -3.03. The van der Waals surface area contributed by atoms with Crippen molar-refractivity contribution in [3.05, 3.63) is 59.7 Å². The van der Waals surface area contributed by atoms with Crippen LogP contribution >= 0.6 is 0 Å². The molecule has 2 aromatic heterocycles. The molecule has 0 bridgehead atoms. The van der Waals surface area contributed by atoms with Crippen molar-refractivity contribution in [3.63, 3.8) is 0 Å². The van der Waals surface area contributed by atoms with Crippen LogP contribution in [0.2, 0.25) is 0 Å². The molecule has 1 unspecified atom stereocenters. The van der Waals surface area contributed by atoms with Crippen molar-refractivity contribution in [2.24, 2.45) is 0 Å². The minimum absolute atomic E-state index is 0.0934. The molecule has 1 aromatic carbocycles. The molecule has 8 nitrogen and oxygen atoms in total. The van der Waals surface area contributed by atoms with Gasteiger partial charge in [0.05, 0.1) is 6.20 Å². The van der Waals surface area contributed by atoms with Gasteiger partial charge in [-0.05, 0) is 22.9 Å². The van der Waals surface area contributed by atoms with E-state index in [0.717, 1.165) is 16.8 Å². The average Bonchev–Trinajstić information content (AvgIpc) is 3.21. The van der Waals surface area contributed by atoms with E-state index in [-0.39, 0.29) is 5.91 Å². The van der Waals surface area contributed by atoms with Crippen LogP contribution in [-0.2, 0) is 11.3 Å². The standard InChI is InChI=1S/C15H17N7O/c1-11-13(8-16-18-11)9-21(2)15(23)14(22-10-17-19-20-22)12-6-4-3-5-7-12/h3-8,10,14H,9H2,1-2H3,(H,16,18). The molecule has 1 N–H and O–H groups in total. The minimum atomic E-state index is -0.594. The van der Waals surface area contributed by atoms with Gasteiger partial charge in [-0.25, -0.2) is 4.68 Å². The lowest BCUT2D eigenvalue weighted by Gasteiger charge is -2.23. The molecule has 0 saturated heterocycles. The van der Waals surface area contributed by atoms with Crippen LogP contribution in [0.1, 0.15) is 22.9 Å². The molecule has 0 spiro atoms. The van der Waals surface area contributed by atoms with Crippen molar-refractivity contribution in [1.82, 2.24) is 35.3 Å². The number of carbonyl (C=O) groups is 1. The van der Waals surface area contributed by atoms with E-state index in [4.69, 9.17) is 0 Å². The summed E-state index contributed by atoms with van der Waals surface area (Å²) >= 11 is 0. The summed E-state index contributed by atoms with van der Waals surface area (Å²) in [7, 11) is 1.76. The van der Waals surface area contributed by atoms with Crippen LogP contribution in [0.5, 0.6) is 0 Å². The molecule has 0 saturated carbocycles. The molecule has 1 atom stereocenters. The second kappa shape index (κ2) is 6.39. The number of H-pyrrole nitrogens is 1. The monoisotopic (exact) mass is 311 g/mol. The van der Waals surface area contributed by atoms with Gasteiger partial charge in [0.1, 0.15) is 6.33 Å². The van der Waals surface area contributed by atoms with Gasteiger partial charge in [0.15, 0.2) is 6.04 Å². The molecule has 0 aliphatic heterocycles. The van der Waals surface area contributed by atoms with Crippen molar-refractivity contribution in [2.45, 2.75) is 19.5 Å². The van der Waals surface area contributed by atoms with Gasteiger partial charge >= 0.3 is 0 Å². The summed E-state index contributed by atoms with van der Waals surface area (Å²) in [5.74, 6) is -0.0934. The second-order valence-electron chi connectivity index (χ2n) is 5.32. The number of nitrogens with one attached hydrogen (secondary N) is 1. The largest absolute Gasteiger partial charge is 0.339 e. The number of likely N-dealkylation sites (N-methyl/N-ethyl adjacent to an activating group) is 1. The molecule has 3 rings (SSSR count). The Morgan fingerprint density at radius 2 is 2.13 bits per heavy atom. The second-order valence-corrected chi connectivity index (χ2v) is 5.32. The third-order valence-corrected chi connectivity index (χ3v) is 3.70. The molecule has 2 heterocycles. The lowest BCUT2D eigenvalue weighted by molar-refractivity contribution is -0.133. The van der Waals surface area contributed by atoms with Crippen molar-refractivity contribution < 1.29 is 4.79 Å². The average molecular weight is 311 g/mol. The summed E-state index contributed by atoms with van der Waals surface area (Å²) in [4.78, 5) is 14.6. The highest BCUT2D eigenvalue weighted by molar-refractivity contribution is 5.83. The molecule has 23 heavy (non-hydrogen) atoms. The SMILES string of the molecule is Cc1[nH]ncc1CN(C)C(=O)C(c1ccccc1)n1cnnn1. The molecule has 0 radical (unpaired) electrons. The number of aromatic amines is 1. The Balaban J connectivity index is 1.87. The highest BCUT2D eigenvalue weighted by Gasteiger charge is 2.27. The van der Waals surface area contributed by atoms with Gasteiger partial charge < -0.3 is 4.90 Å². The number of benzene rings is 1. The summed E-state index contributed by atoms with van der Waals surface area (Å²) in [5.41, 5.74) is 2.76. The Morgan fingerprint density at radius 3 is 2.74 bits per heavy atom. The maximum absolute atomic E-state index is 13.0. The summed E-state index contributed by atoms with van der Waals surface area (Å²) in [5, 5.41) is 18.1. The van der Waals surface area contributed by atoms with Gasteiger partial charge in [0.25, 0.3) is 5.91 Å². The number of tetrazole rings is 1. The topological polar surface area (TPSA) is 92.6 Å². The Labute approximate surface area is 133 Å². The lowest BCUT2D eigenvalue weighted by atomic mass is 10.1. The van der Waals surface area contributed by atoms with E-state index >= 15 is 0 Å². The first-order chi connectivity index (χ1) is 11.2. The normalized spacial score (nSPS) is 12.1. The molecular formula is C15H17N7O. The first-order valence-corrected chi connectivity index (χ1v) is 7.18. The van der Waals surface area contributed by atoms with Gasteiger partial charge in [-0.1, -0.05) is 30.3 Å². The van der Waals surface area contributed by atoms with Crippen molar-refractivity contribution in [1.29, 1.82) is 0 Å². The fourth-order valence-corrected chi connectivity index (χ4v) is 2.41. The summed E-state index contributed by atoms with van der Waals surface area (Å²) in [6, 6.07) is 8.87. The number of aryl methyl sites for hydroxylation is 1. The van der Waals surface area contributed by atoms with E-state index in [2.05, 4.69) is 25.7 Å². The van der Waals surface area contributed by atoms with E-state index in [9.17, 15) is 4.79 Å². The Bertz CT molecular complexity index is 766. The van der Waals surface area contributed by atoms with Crippen LogP contribution in [0.3, 0.4) is 0 Å². The summed E-state index contributed by atoms with van der Waals surface area (Å²) in [6.07, 6.45) is 3.18. The van der Waals surface area contributed by atoms with Crippen LogP contribution in [0.25, 0.3) is 0 Å². The smallest absolute Gasteiger partial charge is 0.252 e. The van der Waals surface area contributed by atoms with Gasteiger partial charge in [-0.15, -0.1) is 5.10 Å². The summed E-state index contributed by atoms with van der Waals surface area (Å²) < 4.78 is 1.47. The maximum atomic E-state index is 13.0.